The van der Waals surface area contributed by atoms with Gasteiger partial charge < -0.3 is 14.0 Å². The number of hydrogen-bond donors (Lipinski definition) is 1. The van der Waals surface area contributed by atoms with Crippen molar-refractivity contribution in [2.75, 3.05) is 0 Å². The fraction of sp³-hybridized carbons (Fsp3) is 0.429. The summed E-state index contributed by atoms with van der Waals surface area (Å²) in [5, 5.41) is 10.1. The molecule has 7 heteroatoms. The van der Waals surface area contributed by atoms with Crippen LogP contribution in [0.15, 0.2) is 22.9 Å². The van der Waals surface area contributed by atoms with E-state index in [0.29, 0.717) is 24.3 Å². The van der Waals surface area contributed by atoms with E-state index in [0.717, 1.165) is 65.0 Å². The van der Waals surface area contributed by atoms with E-state index in [4.69, 9.17) is 14.7 Å². The van der Waals surface area contributed by atoms with Crippen molar-refractivity contribution in [3.05, 3.63) is 30.0 Å². The molecular weight excluding hydrogens is 352 g/mol. The van der Waals surface area contributed by atoms with Crippen molar-refractivity contribution in [1.82, 2.24) is 24.5 Å². The Morgan fingerprint density at radius 1 is 1.25 bits per heavy atom. The van der Waals surface area contributed by atoms with E-state index in [9.17, 15) is 0 Å². The normalized spacial score (nSPS) is 20.0. The highest BCUT2D eigenvalue weighted by Gasteiger charge is 2.29. The smallest absolute Gasteiger partial charge is 0.193 e. The molecule has 0 unspecified atom stereocenters. The minimum atomic E-state index is 0.320. The third-order valence-electron chi connectivity index (χ3n) is 5.90. The van der Waals surface area contributed by atoms with Gasteiger partial charge >= 0.3 is 0 Å². The second kappa shape index (κ2) is 6.48. The Hall–Kier alpha value is -3.14. The zero-order valence-electron chi connectivity index (χ0n) is 16.1. The van der Waals surface area contributed by atoms with Crippen LogP contribution in [-0.2, 0) is 0 Å². The molecule has 1 aliphatic rings. The monoisotopic (exact) mass is 374 g/mol. The van der Waals surface area contributed by atoms with Crippen LogP contribution < -0.4 is 0 Å². The van der Waals surface area contributed by atoms with E-state index in [-0.39, 0.29) is 0 Å². The zero-order valence-corrected chi connectivity index (χ0v) is 16.1. The van der Waals surface area contributed by atoms with Gasteiger partial charge in [0.2, 0.25) is 0 Å². The van der Waals surface area contributed by atoms with Crippen LogP contribution in [0.5, 0.6) is 0 Å². The van der Waals surface area contributed by atoms with Crippen molar-refractivity contribution in [2.24, 2.45) is 5.92 Å². The Balaban J connectivity index is 1.70. The van der Waals surface area contributed by atoms with Crippen LogP contribution >= 0.6 is 0 Å². The molecule has 1 saturated carbocycles. The summed E-state index contributed by atoms with van der Waals surface area (Å²) in [6, 6.07) is 4.71. The largest absolute Gasteiger partial charge is 0.437 e. The van der Waals surface area contributed by atoms with Gasteiger partial charge in [0.25, 0.3) is 0 Å². The van der Waals surface area contributed by atoms with Gasteiger partial charge in [0.1, 0.15) is 11.2 Å². The van der Waals surface area contributed by atoms with Crippen molar-refractivity contribution in [2.45, 2.75) is 52.0 Å². The number of nitrogens with one attached hydrogen (secondary N) is 1. The molecule has 142 valence electrons. The molecule has 28 heavy (non-hydrogen) atoms. The Morgan fingerprint density at radius 3 is 2.79 bits per heavy atom. The summed E-state index contributed by atoms with van der Waals surface area (Å²) in [6.07, 6.45) is 8.59. The molecule has 0 aliphatic heterocycles. The molecule has 7 nitrogen and oxygen atoms in total. The van der Waals surface area contributed by atoms with E-state index in [2.05, 4.69) is 31.7 Å². The SMILES string of the molecule is Cc1nc(C)c(-c2nc3cnc4[nH]ccc4c3n2C2CCC(CC#N)CC2)o1. The number of fused-ring (bicyclic) bond motifs is 3. The Morgan fingerprint density at radius 2 is 2.07 bits per heavy atom. The summed E-state index contributed by atoms with van der Waals surface area (Å²) >= 11 is 0. The van der Waals surface area contributed by atoms with E-state index in [1.54, 1.807) is 0 Å². The van der Waals surface area contributed by atoms with Crippen LogP contribution in [0.4, 0.5) is 0 Å². The van der Waals surface area contributed by atoms with Gasteiger partial charge in [0.05, 0.1) is 23.5 Å². The quantitative estimate of drug-likeness (QED) is 0.554. The van der Waals surface area contributed by atoms with Gasteiger partial charge in [-0.15, -0.1) is 0 Å². The molecule has 4 aromatic rings. The Bertz CT molecular complexity index is 1200. The molecule has 0 spiro atoms. The first-order valence-corrected chi connectivity index (χ1v) is 9.81. The van der Waals surface area contributed by atoms with Crippen LogP contribution in [0.1, 0.15) is 49.7 Å². The fourth-order valence-electron chi connectivity index (χ4n) is 4.58. The molecule has 0 amide bonds. The van der Waals surface area contributed by atoms with Crippen molar-refractivity contribution in [3.8, 4) is 17.7 Å². The highest BCUT2D eigenvalue weighted by Crippen LogP contribution is 2.40. The van der Waals surface area contributed by atoms with Crippen LogP contribution in [0.2, 0.25) is 0 Å². The summed E-state index contributed by atoms with van der Waals surface area (Å²) < 4.78 is 8.28. The minimum absolute atomic E-state index is 0.320. The van der Waals surface area contributed by atoms with Crippen molar-refractivity contribution in [3.63, 3.8) is 0 Å². The Kier molecular flexibility index (Phi) is 3.93. The third-order valence-corrected chi connectivity index (χ3v) is 5.90. The molecule has 1 N–H and O–H groups in total. The highest BCUT2D eigenvalue weighted by molar-refractivity contribution is 6.02. The molecule has 0 saturated heterocycles. The summed E-state index contributed by atoms with van der Waals surface area (Å²) in [5.41, 5.74) is 3.68. The van der Waals surface area contributed by atoms with Gasteiger partial charge in [-0.1, -0.05) is 0 Å². The predicted molar refractivity (Wildman–Crippen MR) is 106 cm³/mol. The fourth-order valence-corrected chi connectivity index (χ4v) is 4.58. The third kappa shape index (κ3) is 2.60. The summed E-state index contributed by atoms with van der Waals surface area (Å²) in [6.45, 7) is 3.83. The van der Waals surface area contributed by atoms with Gasteiger partial charge in [0.15, 0.2) is 17.5 Å². The lowest BCUT2D eigenvalue weighted by molar-refractivity contribution is 0.282. The average Bonchev–Trinajstić information content (AvgIpc) is 3.38. The van der Waals surface area contributed by atoms with E-state index >= 15 is 0 Å². The molecule has 1 aliphatic carbocycles. The first kappa shape index (κ1) is 17.0. The number of oxazole rings is 1. The number of nitriles is 1. The molecule has 0 aromatic carbocycles. The number of imidazole rings is 1. The van der Waals surface area contributed by atoms with Crippen LogP contribution in [0.3, 0.4) is 0 Å². The lowest BCUT2D eigenvalue weighted by Crippen LogP contribution is -2.19. The van der Waals surface area contributed by atoms with Gasteiger partial charge in [0, 0.05) is 31.0 Å². The number of aromatic amines is 1. The van der Waals surface area contributed by atoms with Crippen molar-refractivity contribution >= 4 is 22.1 Å². The second-order valence-corrected chi connectivity index (χ2v) is 7.72. The molecule has 5 rings (SSSR count). The number of rotatable bonds is 3. The zero-order chi connectivity index (χ0) is 19.3. The first-order chi connectivity index (χ1) is 13.7. The number of H-pyrrole nitrogens is 1. The predicted octanol–water partition coefficient (Wildman–Crippen LogP) is 4.83. The number of aromatic nitrogens is 5. The summed E-state index contributed by atoms with van der Waals surface area (Å²) in [5.74, 6) is 2.71. The van der Waals surface area contributed by atoms with E-state index in [1.807, 2.05) is 26.2 Å². The number of pyridine rings is 1. The van der Waals surface area contributed by atoms with Crippen molar-refractivity contribution < 1.29 is 4.42 Å². The van der Waals surface area contributed by atoms with Crippen molar-refractivity contribution in [1.29, 1.82) is 5.26 Å². The Labute approximate surface area is 162 Å². The summed E-state index contributed by atoms with van der Waals surface area (Å²) in [7, 11) is 0. The number of hydrogen-bond acceptors (Lipinski definition) is 5. The van der Waals surface area contributed by atoms with Gasteiger partial charge in [-0.2, -0.15) is 5.26 Å². The average molecular weight is 374 g/mol. The maximum atomic E-state index is 9.04. The lowest BCUT2D eigenvalue weighted by Gasteiger charge is -2.29. The lowest BCUT2D eigenvalue weighted by atomic mass is 9.84. The maximum Gasteiger partial charge on any atom is 0.193 e. The molecule has 4 heterocycles. The number of aryl methyl sites for hydroxylation is 2. The van der Waals surface area contributed by atoms with E-state index in [1.165, 1.54) is 0 Å². The molecular formula is C21H22N6O. The topological polar surface area (TPSA) is 96.3 Å². The first-order valence-electron chi connectivity index (χ1n) is 9.81. The summed E-state index contributed by atoms with van der Waals surface area (Å²) in [4.78, 5) is 17.1. The maximum absolute atomic E-state index is 9.04. The number of nitrogens with zero attached hydrogens (tertiary/aromatic N) is 5. The highest BCUT2D eigenvalue weighted by atomic mass is 16.4. The van der Waals surface area contributed by atoms with Gasteiger partial charge in [-0.3, -0.25) is 0 Å². The van der Waals surface area contributed by atoms with Gasteiger partial charge in [-0.25, -0.2) is 15.0 Å². The molecule has 4 aromatic heterocycles. The molecule has 0 radical (unpaired) electrons. The van der Waals surface area contributed by atoms with Gasteiger partial charge in [-0.05, 0) is 44.6 Å². The molecule has 1 fully saturated rings. The van der Waals surface area contributed by atoms with E-state index < -0.39 is 0 Å². The van der Waals surface area contributed by atoms with Crippen LogP contribution in [0.25, 0.3) is 33.7 Å². The minimum Gasteiger partial charge on any atom is -0.437 e. The standard InChI is InChI=1S/C21H22N6O/c1-12-19(28-13(2)25-12)21-26-17-11-24-20-16(8-10-23-20)18(17)27(21)15-5-3-14(4-6-15)7-9-22/h8,10-11,14-15H,3-7H2,1-2H3,(H,23,24). The second-order valence-electron chi connectivity index (χ2n) is 7.72. The molecule has 0 atom stereocenters. The molecule has 0 bridgehead atoms. The van der Waals surface area contributed by atoms with Crippen LogP contribution in [0, 0.1) is 31.1 Å². The van der Waals surface area contributed by atoms with Crippen LogP contribution in [-0.4, -0.2) is 24.5 Å².